The van der Waals surface area contributed by atoms with Crippen LogP contribution in [0.1, 0.15) is 49.9 Å². The monoisotopic (exact) mass is 716 g/mol. The average molecular weight is 717 g/mol. The summed E-state index contributed by atoms with van der Waals surface area (Å²) in [6, 6.07) is 62.1. The molecule has 2 aliphatic rings. The Hall–Kier alpha value is -6.64. The highest BCUT2D eigenvalue weighted by atomic mass is 14.9. The number of rotatable bonds is 4. The first-order valence-electron chi connectivity index (χ1n) is 19.7. The summed E-state index contributed by atoms with van der Waals surface area (Å²) in [5.74, 6) is 0.723. The molecule has 0 bridgehead atoms. The summed E-state index contributed by atoms with van der Waals surface area (Å²) in [4.78, 5) is 10.5. The summed E-state index contributed by atoms with van der Waals surface area (Å²) in [6.45, 7) is 9.42. The highest BCUT2D eigenvalue weighted by Crippen LogP contribution is 2.53. The molecule has 11 rings (SSSR count). The maximum Gasteiger partial charge on any atom is 0.160 e. The van der Waals surface area contributed by atoms with Gasteiger partial charge < -0.3 is 0 Å². The number of hydrogen-bond donors (Lipinski definition) is 0. The smallest absolute Gasteiger partial charge is 0.160 e. The van der Waals surface area contributed by atoms with Crippen molar-refractivity contribution in [3.63, 3.8) is 0 Å². The van der Waals surface area contributed by atoms with Crippen LogP contribution in [0.4, 0.5) is 0 Å². The predicted molar refractivity (Wildman–Crippen MR) is 234 cm³/mol. The van der Waals surface area contributed by atoms with Gasteiger partial charge >= 0.3 is 0 Å². The molecule has 266 valence electrons. The molecular weight excluding hydrogens is 677 g/mol. The van der Waals surface area contributed by atoms with Crippen LogP contribution in [0.2, 0.25) is 0 Å². The van der Waals surface area contributed by atoms with E-state index in [1.807, 2.05) is 6.07 Å². The van der Waals surface area contributed by atoms with Gasteiger partial charge in [-0.05, 0) is 95.4 Å². The average Bonchev–Trinajstić information content (AvgIpc) is 3.62. The highest BCUT2D eigenvalue weighted by Gasteiger charge is 2.37. The van der Waals surface area contributed by atoms with E-state index in [9.17, 15) is 0 Å². The van der Waals surface area contributed by atoms with E-state index in [1.165, 1.54) is 77.2 Å². The Bertz CT molecular complexity index is 3080. The van der Waals surface area contributed by atoms with Crippen LogP contribution in [-0.2, 0) is 10.8 Å². The van der Waals surface area contributed by atoms with Crippen LogP contribution in [0.25, 0.3) is 88.8 Å². The quantitative estimate of drug-likeness (QED) is 0.181. The molecule has 9 aromatic rings. The Morgan fingerprint density at radius 3 is 1.79 bits per heavy atom. The number of benzene rings is 8. The second-order valence-electron chi connectivity index (χ2n) is 16.6. The van der Waals surface area contributed by atoms with Crippen molar-refractivity contribution in [2.75, 3.05) is 0 Å². The van der Waals surface area contributed by atoms with Crippen LogP contribution in [0.3, 0.4) is 0 Å². The molecule has 0 saturated heterocycles. The third-order valence-corrected chi connectivity index (χ3v) is 12.7. The molecule has 2 heteroatoms. The number of aromatic nitrogens is 2. The molecule has 8 aromatic carbocycles. The summed E-state index contributed by atoms with van der Waals surface area (Å²) in [6.07, 6.45) is 0. The molecule has 2 aliphatic carbocycles. The van der Waals surface area contributed by atoms with Crippen molar-refractivity contribution in [3.8, 4) is 67.3 Å². The molecule has 56 heavy (non-hydrogen) atoms. The summed E-state index contributed by atoms with van der Waals surface area (Å²) in [7, 11) is 0. The lowest BCUT2D eigenvalue weighted by atomic mass is 9.79. The molecule has 0 fully saturated rings. The van der Waals surface area contributed by atoms with E-state index in [4.69, 9.17) is 9.97 Å². The van der Waals surface area contributed by atoms with Crippen molar-refractivity contribution in [2.24, 2.45) is 0 Å². The van der Waals surface area contributed by atoms with Gasteiger partial charge in [-0.1, -0.05) is 179 Å². The van der Waals surface area contributed by atoms with Gasteiger partial charge in [-0.15, -0.1) is 0 Å². The van der Waals surface area contributed by atoms with Crippen LogP contribution >= 0.6 is 0 Å². The van der Waals surface area contributed by atoms with Gasteiger partial charge in [0.2, 0.25) is 0 Å². The van der Waals surface area contributed by atoms with Gasteiger partial charge in [-0.25, -0.2) is 9.97 Å². The minimum absolute atomic E-state index is 0.0515. The van der Waals surface area contributed by atoms with Gasteiger partial charge in [-0.2, -0.15) is 0 Å². The number of nitrogens with zero attached hydrogens (tertiary/aromatic N) is 2. The van der Waals surface area contributed by atoms with Crippen LogP contribution in [0.5, 0.6) is 0 Å². The van der Waals surface area contributed by atoms with E-state index in [0.29, 0.717) is 0 Å². The zero-order valence-electron chi connectivity index (χ0n) is 32.1. The van der Waals surface area contributed by atoms with E-state index >= 15 is 0 Å². The molecule has 0 atom stereocenters. The third-order valence-electron chi connectivity index (χ3n) is 12.7. The van der Waals surface area contributed by atoms with Gasteiger partial charge in [0.1, 0.15) is 0 Å². The summed E-state index contributed by atoms with van der Waals surface area (Å²) in [5, 5.41) is 5.02. The zero-order valence-corrected chi connectivity index (χ0v) is 32.1. The second-order valence-corrected chi connectivity index (χ2v) is 16.6. The van der Waals surface area contributed by atoms with Gasteiger partial charge in [0.25, 0.3) is 0 Å². The molecule has 0 radical (unpaired) electrons. The van der Waals surface area contributed by atoms with Crippen molar-refractivity contribution in [1.82, 2.24) is 9.97 Å². The van der Waals surface area contributed by atoms with Gasteiger partial charge in [-0.3, -0.25) is 0 Å². The molecule has 1 aromatic heterocycles. The van der Waals surface area contributed by atoms with E-state index in [0.717, 1.165) is 33.9 Å². The fourth-order valence-corrected chi connectivity index (χ4v) is 9.87. The first-order valence-corrected chi connectivity index (χ1v) is 19.7. The van der Waals surface area contributed by atoms with Crippen molar-refractivity contribution in [1.29, 1.82) is 0 Å². The lowest BCUT2D eigenvalue weighted by molar-refractivity contribution is 0.660. The molecule has 0 amide bonds. The number of fused-ring (bicyclic) bond motifs is 9. The van der Waals surface area contributed by atoms with E-state index in [1.54, 1.807) is 0 Å². The Kier molecular flexibility index (Phi) is 6.98. The minimum Gasteiger partial charge on any atom is -0.228 e. The molecule has 2 nitrogen and oxygen atoms in total. The summed E-state index contributed by atoms with van der Waals surface area (Å²) < 4.78 is 0. The summed E-state index contributed by atoms with van der Waals surface area (Å²) >= 11 is 0. The zero-order chi connectivity index (χ0) is 37.8. The Labute approximate surface area is 328 Å². The molecule has 0 aliphatic heterocycles. The van der Waals surface area contributed by atoms with Crippen molar-refractivity contribution in [3.05, 3.63) is 192 Å². The Balaban J connectivity index is 1.06. The maximum atomic E-state index is 5.29. The topological polar surface area (TPSA) is 25.8 Å². The first-order chi connectivity index (χ1) is 27.3. The largest absolute Gasteiger partial charge is 0.228 e. The van der Waals surface area contributed by atoms with E-state index < -0.39 is 0 Å². The third kappa shape index (κ3) is 4.75. The molecular formula is C54H40N2. The number of hydrogen-bond acceptors (Lipinski definition) is 2. The van der Waals surface area contributed by atoms with E-state index in [2.05, 4.69) is 191 Å². The van der Waals surface area contributed by atoms with Crippen molar-refractivity contribution in [2.45, 2.75) is 38.5 Å². The standard InChI is InChI=1S/C54H40N2/c1-53(2)46-21-13-12-20-41(46)45-30-36(24-29-47(45)53)49-32-50(56-52(55-49)34-15-6-5-7-16-34)43-28-27-37(39-18-10-11-19-40(39)43)35-23-25-42-44-26-22-33-14-8-9-17-38(33)51(44)54(3,4)48(42)31-35/h5-32H,1-4H3. The SMILES string of the molecule is CC1(C)c2ccccc2-c2cc(-c3cc(-c4ccc(-c5ccc6c(c5)C(C)(C)c5c-6ccc6ccccc56)c5ccccc45)nc(-c4ccccc4)n3)ccc21. The first kappa shape index (κ1) is 32.8. The summed E-state index contributed by atoms with van der Waals surface area (Å²) in [5.41, 5.74) is 18.1. The van der Waals surface area contributed by atoms with Crippen LogP contribution in [-0.4, -0.2) is 9.97 Å². The fraction of sp³-hybridized carbons (Fsp3) is 0.111. The molecule has 1 heterocycles. The van der Waals surface area contributed by atoms with Crippen molar-refractivity contribution >= 4 is 21.5 Å². The molecule has 0 unspecified atom stereocenters. The lowest BCUT2D eigenvalue weighted by Gasteiger charge is -2.24. The fourth-order valence-electron chi connectivity index (χ4n) is 9.87. The van der Waals surface area contributed by atoms with Crippen LogP contribution < -0.4 is 0 Å². The normalized spacial score (nSPS) is 14.4. The van der Waals surface area contributed by atoms with Gasteiger partial charge in [0, 0.05) is 27.5 Å². The van der Waals surface area contributed by atoms with Crippen LogP contribution in [0, 0.1) is 0 Å². The molecule has 0 spiro atoms. The van der Waals surface area contributed by atoms with Gasteiger partial charge in [0.05, 0.1) is 11.4 Å². The lowest BCUT2D eigenvalue weighted by Crippen LogP contribution is -2.15. The molecule has 0 N–H and O–H groups in total. The maximum absolute atomic E-state index is 5.29. The van der Waals surface area contributed by atoms with Crippen molar-refractivity contribution < 1.29 is 0 Å². The Morgan fingerprint density at radius 2 is 0.946 bits per heavy atom. The molecule has 0 saturated carbocycles. The predicted octanol–water partition coefficient (Wildman–Crippen LogP) is 14.1. The minimum atomic E-state index is -0.127. The highest BCUT2D eigenvalue weighted by molar-refractivity contribution is 6.06. The van der Waals surface area contributed by atoms with Crippen LogP contribution in [0.15, 0.2) is 170 Å². The van der Waals surface area contributed by atoms with E-state index in [-0.39, 0.29) is 10.8 Å². The second kappa shape index (κ2) is 11.9. The Morgan fingerprint density at radius 1 is 0.339 bits per heavy atom. The van der Waals surface area contributed by atoms with Gasteiger partial charge in [0.15, 0.2) is 5.82 Å².